The summed E-state index contributed by atoms with van der Waals surface area (Å²) < 4.78 is 1.86. The minimum atomic E-state index is -0.310. The molecule has 0 saturated carbocycles. The number of nitrogens with zero attached hydrogens (tertiary/aromatic N) is 3. The molecule has 6 heteroatoms. The van der Waals surface area contributed by atoms with Crippen LogP contribution in [-0.4, -0.2) is 39.4 Å². The van der Waals surface area contributed by atoms with Gasteiger partial charge in [-0.15, -0.1) is 6.58 Å². The molecule has 0 bridgehead atoms. The third-order valence-electron chi connectivity index (χ3n) is 4.80. The van der Waals surface area contributed by atoms with Gasteiger partial charge < -0.3 is 4.90 Å². The number of carbonyl (C=O) groups is 2. The van der Waals surface area contributed by atoms with Gasteiger partial charge in [0, 0.05) is 29.9 Å². The number of anilines is 1. The molecule has 0 fully saturated rings. The first-order valence-electron chi connectivity index (χ1n) is 10.3. The van der Waals surface area contributed by atoms with E-state index in [0.717, 1.165) is 22.5 Å². The van der Waals surface area contributed by atoms with Crippen molar-refractivity contribution in [2.24, 2.45) is 5.92 Å². The van der Waals surface area contributed by atoms with Crippen LogP contribution in [0, 0.1) is 12.8 Å². The number of rotatable bonds is 8. The molecule has 0 atom stereocenters. The molecule has 3 rings (SSSR count). The number of aromatic nitrogens is 2. The lowest BCUT2D eigenvalue weighted by atomic mass is 10.2. The Morgan fingerprint density at radius 3 is 2.55 bits per heavy atom. The average Bonchev–Trinajstić information content (AvgIpc) is 3.17. The quantitative estimate of drug-likeness (QED) is 0.552. The molecule has 1 aromatic heterocycles. The van der Waals surface area contributed by atoms with Crippen LogP contribution in [0.1, 0.15) is 19.4 Å². The standard InChI is InChI=1S/C25H28N4O2/c1-5-14-28(24(31)18(2)3)17-23(30)27-25-26-22(20-11-7-6-8-12-20)16-29(25)21-13-9-10-19(4)15-21/h5-13,15-16,18H,1,14,17H2,2-4H3,(H,26,27,30). The lowest BCUT2D eigenvalue weighted by molar-refractivity contribution is -0.136. The fourth-order valence-electron chi connectivity index (χ4n) is 3.28. The van der Waals surface area contributed by atoms with Crippen LogP contribution >= 0.6 is 0 Å². The van der Waals surface area contributed by atoms with E-state index in [1.807, 2.05) is 86.1 Å². The van der Waals surface area contributed by atoms with Crippen LogP contribution in [-0.2, 0) is 9.59 Å². The van der Waals surface area contributed by atoms with Crippen LogP contribution < -0.4 is 5.32 Å². The fourth-order valence-corrected chi connectivity index (χ4v) is 3.28. The smallest absolute Gasteiger partial charge is 0.246 e. The van der Waals surface area contributed by atoms with Gasteiger partial charge in [0.15, 0.2) is 0 Å². The lowest BCUT2D eigenvalue weighted by Crippen LogP contribution is -2.40. The van der Waals surface area contributed by atoms with Crippen molar-refractivity contribution in [3.63, 3.8) is 0 Å². The van der Waals surface area contributed by atoms with Gasteiger partial charge >= 0.3 is 0 Å². The molecule has 3 aromatic rings. The Morgan fingerprint density at radius 2 is 1.90 bits per heavy atom. The molecule has 0 unspecified atom stereocenters. The molecular formula is C25H28N4O2. The van der Waals surface area contributed by atoms with Gasteiger partial charge in [0.2, 0.25) is 17.8 Å². The van der Waals surface area contributed by atoms with Gasteiger partial charge in [0.05, 0.1) is 5.69 Å². The zero-order valence-electron chi connectivity index (χ0n) is 18.2. The zero-order chi connectivity index (χ0) is 22.4. The third-order valence-corrected chi connectivity index (χ3v) is 4.80. The van der Waals surface area contributed by atoms with Crippen LogP contribution in [0.5, 0.6) is 0 Å². The summed E-state index contributed by atoms with van der Waals surface area (Å²) in [7, 11) is 0. The number of benzene rings is 2. The molecule has 0 aliphatic rings. The number of amides is 2. The van der Waals surface area contributed by atoms with Crippen molar-refractivity contribution in [2.45, 2.75) is 20.8 Å². The highest BCUT2D eigenvalue weighted by molar-refractivity contribution is 5.94. The topological polar surface area (TPSA) is 67.2 Å². The van der Waals surface area contributed by atoms with Crippen molar-refractivity contribution in [2.75, 3.05) is 18.4 Å². The molecule has 0 spiro atoms. The number of aryl methyl sites for hydroxylation is 1. The van der Waals surface area contributed by atoms with Crippen LogP contribution in [0.2, 0.25) is 0 Å². The first-order valence-corrected chi connectivity index (χ1v) is 10.3. The molecule has 0 saturated heterocycles. The minimum Gasteiger partial charge on any atom is -0.329 e. The maximum atomic E-state index is 12.8. The van der Waals surface area contributed by atoms with Crippen molar-refractivity contribution < 1.29 is 9.59 Å². The first kappa shape index (κ1) is 22.0. The second kappa shape index (κ2) is 9.89. The summed E-state index contributed by atoms with van der Waals surface area (Å²) in [6, 6.07) is 17.8. The highest BCUT2D eigenvalue weighted by atomic mass is 16.2. The van der Waals surface area contributed by atoms with Crippen LogP contribution in [0.4, 0.5) is 5.95 Å². The number of hydrogen-bond donors (Lipinski definition) is 1. The van der Waals surface area contributed by atoms with E-state index in [9.17, 15) is 9.59 Å². The Balaban J connectivity index is 1.91. The van der Waals surface area contributed by atoms with Crippen molar-refractivity contribution >= 4 is 17.8 Å². The highest BCUT2D eigenvalue weighted by Crippen LogP contribution is 2.24. The summed E-state index contributed by atoms with van der Waals surface area (Å²) >= 11 is 0. The van der Waals surface area contributed by atoms with E-state index in [2.05, 4.69) is 16.9 Å². The molecule has 160 valence electrons. The molecule has 1 heterocycles. The number of hydrogen-bond acceptors (Lipinski definition) is 3. The van der Waals surface area contributed by atoms with Gasteiger partial charge in [0.25, 0.3) is 0 Å². The molecular weight excluding hydrogens is 388 g/mol. The molecule has 1 N–H and O–H groups in total. The molecule has 0 aliphatic carbocycles. The second-order valence-corrected chi connectivity index (χ2v) is 7.74. The van der Waals surface area contributed by atoms with Crippen LogP contribution in [0.3, 0.4) is 0 Å². The maximum absolute atomic E-state index is 12.8. The van der Waals surface area contributed by atoms with E-state index in [1.165, 1.54) is 4.90 Å². The summed E-state index contributed by atoms with van der Waals surface area (Å²) in [5.74, 6) is -0.200. The zero-order valence-corrected chi connectivity index (χ0v) is 18.2. The molecule has 2 amide bonds. The SMILES string of the molecule is C=CCN(CC(=O)Nc1nc(-c2ccccc2)cn1-c1cccc(C)c1)C(=O)C(C)C. The van der Waals surface area contributed by atoms with E-state index in [-0.39, 0.29) is 24.3 Å². The molecule has 2 aromatic carbocycles. The van der Waals surface area contributed by atoms with E-state index in [0.29, 0.717) is 12.5 Å². The van der Waals surface area contributed by atoms with Crippen LogP contribution in [0.25, 0.3) is 16.9 Å². The Labute approximate surface area is 183 Å². The predicted molar refractivity (Wildman–Crippen MR) is 124 cm³/mol. The third kappa shape index (κ3) is 5.48. The lowest BCUT2D eigenvalue weighted by Gasteiger charge is -2.22. The van der Waals surface area contributed by atoms with Crippen molar-refractivity contribution in [1.82, 2.24) is 14.5 Å². The van der Waals surface area contributed by atoms with E-state index in [1.54, 1.807) is 6.08 Å². The summed E-state index contributed by atoms with van der Waals surface area (Å²) in [6.45, 7) is 9.58. The highest BCUT2D eigenvalue weighted by Gasteiger charge is 2.20. The normalized spacial score (nSPS) is 10.7. The average molecular weight is 417 g/mol. The fraction of sp³-hybridized carbons (Fsp3) is 0.240. The molecule has 31 heavy (non-hydrogen) atoms. The van der Waals surface area contributed by atoms with Crippen molar-refractivity contribution in [3.05, 3.63) is 79.0 Å². The van der Waals surface area contributed by atoms with Gasteiger partial charge in [-0.2, -0.15) is 0 Å². The number of imidazole rings is 1. The van der Waals surface area contributed by atoms with Gasteiger partial charge in [-0.05, 0) is 24.6 Å². The Hall–Kier alpha value is -3.67. The van der Waals surface area contributed by atoms with Crippen molar-refractivity contribution in [3.8, 4) is 16.9 Å². The molecule has 0 aliphatic heterocycles. The van der Waals surface area contributed by atoms with Crippen LogP contribution in [0.15, 0.2) is 73.4 Å². The first-order chi connectivity index (χ1) is 14.9. The van der Waals surface area contributed by atoms with Crippen molar-refractivity contribution in [1.29, 1.82) is 0 Å². The second-order valence-electron chi connectivity index (χ2n) is 7.74. The predicted octanol–water partition coefficient (Wildman–Crippen LogP) is 4.46. The summed E-state index contributed by atoms with van der Waals surface area (Å²) in [5.41, 5.74) is 3.70. The minimum absolute atomic E-state index is 0.0651. The number of carbonyl (C=O) groups excluding carboxylic acids is 2. The summed E-state index contributed by atoms with van der Waals surface area (Å²) in [5, 5.41) is 2.89. The molecule has 6 nitrogen and oxygen atoms in total. The van der Waals surface area contributed by atoms with Gasteiger partial charge in [-0.3, -0.25) is 19.5 Å². The Kier molecular flexibility index (Phi) is 7.03. The monoisotopic (exact) mass is 416 g/mol. The number of nitrogens with one attached hydrogen (secondary N) is 1. The van der Waals surface area contributed by atoms with E-state index < -0.39 is 0 Å². The Bertz CT molecular complexity index is 1070. The summed E-state index contributed by atoms with van der Waals surface area (Å²) in [6.07, 6.45) is 3.52. The van der Waals surface area contributed by atoms with E-state index in [4.69, 9.17) is 0 Å². The van der Waals surface area contributed by atoms with Gasteiger partial charge in [-0.25, -0.2) is 4.98 Å². The molecule has 0 radical (unpaired) electrons. The van der Waals surface area contributed by atoms with Gasteiger partial charge in [-0.1, -0.05) is 62.4 Å². The maximum Gasteiger partial charge on any atom is 0.246 e. The Morgan fingerprint density at radius 1 is 1.16 bits per heavy atom. The summed E-state index contributed by atoms with van der Waals surface area (Å²) in [4.78, 5) is 31.4. The van der Waals surface area contributed by atoms with Gasteiger partial charge in [0.1, 0.15) is 6.54 Å². The van der Waals surface area contributed by atoms with E-state index >= 15 is 0 Å². The largest absolute Gasteiger partial charge is 0.329 e.